The molecule has 0 aliphatic heterocycles. The van der Waals surface area contributed by atoms with Crippen LogP contribution in [0.2, 0.25) is 0 Å². The predicted molar refractivity (Wildman–Crippen MR) is 122 cm³/mol. The molecule has 3 aliphatic rings. The van der Waals surface area contributed by atoms with Gasteiger partial charge in [-0.25, -0.2) is 0 Å². The van der Waals surface area contributed by atoms with Crippen molar-refractivity contribution in [2.75, 3.05) is 7.11 Å². The van der Waals surface area contributed by atoms with Gasteiger partial charge in [0.25, 0.3) is 0 Å². The maximum Gasteiger partial charge on any atom is 0.305 e. The number of hydrogen-bond acceptors (Lipinski definition) is 2. The molecular weight excluding hydrogens is 356 g/mol. The standard InChI is InChI=1S/C27H48O2/c1-7-22-10-8-9-16-27(22,5)24-15-17-26(4)18-21(12-13-23(26)20(24)3)19(2)11-14-25(28)29-6/h19-24H,7-18H2,1-6H3/t19?,20?,21?,22?,23?,24?,26-,27+/m1/s1. The molecule has 0 aromatic heterocycles. The van der Waals surface area contributed by atoms with Crippen molar-refractivity contribution in [3.63, 3.8) is 0 Å². The molecule has 3 rings (SSSR count). The van der Waals surface area contributed by atoms with E-state index in [2.05, 4.69) is 34.6 Å². The van der Waals surface area contributed by atoms with E-state index >= 15 is 0 Å². The fraction of sp³-hybridized carbons (Fsp3) is 0.963. The van der Waals surface area contributed by atoms with E-state index in [0.29, 0.717) is 23.2 Å². The molecule has 3 fully saturated rings. The van der Waals surface area contributed by atoms with Crippen LogP contribution >= 0.6 is 0 Å². The molecule has 0 radical (unpaired) electrons. The lowest BCUT2D eigenvalue weighted by atomic mass is 9.46. The SMILES string of the molecule is CCC1CCCC[C@]1(C)C1CC[C@]2(C)CC(C(C)CCC(=O)OC)CCC2C1C. The van der Waals surface area contributed by atoms with Gasteiger partial charge in [0.2, 0.25) is 0 Å². The second-order valence-corrected chi connectivity index (χ2v) is 11.8. The van der Waals surface area contributed by atoms with E-state index < -0.39 is 0 Å². The van der Waals surface area contributed by atoms with Crippen LogP contribution in [0, 0.1) is 46.3 Å². The lowest BCUT2D eigenvalue weighted by Crippen LogP contribution is -2.51. The minimum Gasteiger partial charge on any atom is -0.469 e. The van der Waals surface area contributed by atoms with E-state index in [4.69, 9.17) is 4.74 Å². The van der Waals surface area contributed by atoms with Crippen molar-refractivity contribution in [2.24, 2.45) is 46.3 Å². The minimum atomic E-state index is -0.0444. The summed E-state index contributed by atoms with van der Waals surface area (Å²) >= 11 is 0. The number of hydrogen-bond donors (Lipinski definition) is 0. The monoisotopic (exact) mass is 404 g/mol. The number of esters is 1. The number of carbonyl (C=O) groups excluding carboxylic acids is 1. The zero-order valence-corrected chi connectivity index (χ0v) is 20.3. The molecular formula is C27H48O2. The Morgan fingerprint density at radius 2 is 1.83 bits per heavy atom. The first-order valence-electron chi connectivity index (χ1n) is 12.8. The van der Waals surface area contributed by atoms with Crippen LogP contribution in [0.3, 0.4) is 0 Å². The van der Waals surface area contributed by atoms with Gasteiger partial charge >= 0.3 is 5.97 Å². The highest BCUT2D eigenvalue weighted by Gasteiger charge is 2.53. The lowest BCUT2D eigenvalue weighted by Gasteiger charge is -2.59. The molecule has 0 aromatic rings. The summed E-state index contributed by atoms with van der Waals surface area (Å²) in [6.45, 7) is 12.7. The quantitative estimate of drug-likeness (QED) is 0.425. The molecule has 168 valence electrons. The third kappa shape index (κ3) is 4.57. The Morgan fingerprint density at radius 3 is 2.52 bits per heavy atom. The fourth-order valence-electron chi connectivity index (χ4n) is 8.50. The van der Waals surface area contributed by atoms with Crippen LogP contribution in [-0.2, 0) is 9.53 Å². The van der Waals surface area contributed by atoms with Crippen molar-refractivity contribution in [2.45, 2.75) is 112 Å². The van der Waals surface area contributed by atoms with Crippen molar-refractivity contribution in [3.8, 4) is 0 Å². The summed E-state index contributed by atoms with van der Waals surface area (Å²) < 4.78 is 4.87. The first-order valence-corrected chi connectivity index (χ1v) is 12.8. The zero-order chi connectivity index (χ0) is 21.2. The Morgan fingerprint density at radius 1 is 1.07 bits per heavy atom. The van der Waals surface area contributed by atoms with E-state index in [9.17, 15) is 4.79 Å². The van der Waals surface area contributed by atoms with E-state index in [1.165, 1.54) is 71.3 Å². The van der Waals surface area contributed by atoms with Crippen LogP contribution in [0.4, 0.5) is 0 Å². The summed E-state index contributed by atoms with van der Waals surface area (Å²) in [6, 6.07) is 0. The molecule has 0 aromatic carbocycles. The lowest BCUT2D eigenvalue weighted by molar-refractivity contribution is -0.141. The molecule has 0 N–H and O–H groups in total. The summed E-state index contributed by atoms with van der Waals surface area (Å²) in [5.74, 6) is 5.04. The molecule has 0 bridgehead atoms. The molecule has 0 saturated heterocycles. The molecule has 2 heteroatoms. The number of methoxy groups -OCH3 is 1. The van der Waals surface area contributed by atoms with Gasteiger partial charge in [0.1, 0.15) is 0 Å². The molecule has 3 saturated carbocycles. The summed E-state index contributed by atoms with van der Waals surface area (Å²) in [5, 5.41) is 0. The summed E-state index contributed by atoms with van der Waals surface area (Å²) in [6.07, 6.45) is 15.8. The van der Waals surface area contributed by atoms with Gasteiger partial charge in [0, 0.05) is 6.42 Å². The molecule has 0 amide bonds. The Hall–Kier alpha value is -0.530. The number of fused-ring (bicyclic) bond motifs is 1. The average Bonchev–Trinajstić information content (AvgIpc) is 2.71. The normalized spacial score (nSPS) is 44.0. The summed E-state index contributed by atoms with van der Waals surface area (Å²) in [7, 11) is 1.51. The van der Waals surface area contributed by atoms with E-state index in [-0.39, 0.29) is 5.97 Å². The average molecular weight is 405 g/mol. The molecule has 0 spiro atoms. The zero-order valence-electron chi connectivity index (χ0n) is 20.3. The van der Waals surface area contributed by atoms with Crippen molar-refractivity contribution in [1.29, 1.82) is 0 Å². The van der Waals surface area contributed by atoms with Crippen molar-refractivity contribution >= 4 is 5.97 Å². The molecule has 3 aliphatic carbocycles. The first-order chi connectivity index (χ1) is 13.7. The second-order valence-electron chi connectivity index (χ2n) is 11.8. The summed E-state index contributed by atoms with van der Waals surface area (Å²) in [4.78, 5) is 11.6. The number of ether oxygens (including phenoxy) is 1. The van der Waals surface area contributed by atoms with Crippen LogP contribution < -0.4 is 0 Å². The van der Waals surface area contributed by atoms with Crippen LogP contribution in [0.25, 0.3) is 0 Å². The number of carbonyl (C=O) groups is 1. The van der Waals surface area contributed by atoms with Gasteiger partial charge in [0.05, 0.1) is 7.11 Å². The third-order valence-corrected chi connectivity index (χ3v) is 10.4. The highest BCUT2D eigenvalue weighted by atomic mass is 16.5. The van der Waals surface area contributed by atoms with Gasteiger partial charge in [-0.05, 0) is 97.7 Å². The van der Waals surface area contributed by atoms with Gasteiger partial charge in [-0.1, -0.05) is 53.9 Å². The maximum absolute atomic E-state index is 11.6. The number of rotatable bonds is 6. The van der Waals surface area contributed by atoms with E-state index in [0.717, 1.165) is 36.0 Å². The van der Waals surface area contributed by atoms with Crippen LogP contribution in [0.1, 0.15) is 112 Å². The highest BCUT2D eigenvalue weighted by molar-refractivity contribution is 5.69. The molecule has 6 unspecified atom stereocenters. The Labute approximate surface area is 180 Å². The van der Waals surface area contributed by atoms with Crippen molar-refractivity contribution in [1.82, 2.24) is 0 Å². The Bertz CT molecular complexity index is 557. The van der Waals surface area contributed by atoms with E-state index in [1.54, 1.807) is 0 Å². The smallest absolute Gasteiger partial charge is 0.305 e. The summed E-state index contributed by atoms with van der Waals surface area (Å²) in [5.41, 5.74) is 1.10. The molecule has 8 atom stereocenters. The Kier molecular flexibility index (Phi) is 7.43. The molecule has 2 nitrogen and oxygen atoms in total. The second kappa shape index (κ2) is 9.31. The maximum atomic E-state index is 11.6. The molecule has 29 heavy (non-hydrogen) atoms. The predicted octanol–water partition coefficient (Wildman–Crippen LogP) is 7.65. The van der Waals surface area contributed by atoms with Gasteiger partial charge in [-0.3, -0.25) is 4.79 Å². The van der Waals surface area contributed by atoms with Gasteiger partial charge in [-0.2, -0.15) is 0 Å². The highest BCUT2D eigenvalue weighted by Crippen LogP contribution is 2.62. The van der Waals surface area contributed by atoms with Gasteiger partial charge in [-0.15, -0.1) is 0 Å². The van der Waals surface area contributed by atoms with Gasteiger partial charge in [0.15, 0.2) is 0 Å². The van der Waals surface area contributed by atoms with E-state index in [1.807, 2.05) is 0 Å². The Balaban J connectivity index is 1.66. The topological polar surface area (TPSA) is 26.3 Å². The van der Waals surface area contributed by atoms with Crippen LogP contribution in [0.15, 0.2) is 0 Å². The minimum absolute atomic E-state index is 0.0444. The first kappa shape index (κ1) is 23.1. The van der Waals surface area contributed by atoms with Crippen molar-refractivity contribution in [3.05, 3.63) is 0 Å². The van der Waals surface area contributed by atoms with Crippen molar-refractivity contribution < 1.29 is 9.53 Å². The largest absolute Gasteiger partial charge is 0.469 e. The van der Waals surface area contributed by atoms with Crippen LogP contribution in [-0.4, -0.2) is 13.1 Å². The van der Waals surface area contributed by atoms with Crippen LogP contribution in [0.5, 0.6) is 0 Å². The molecule has 0 heterocycles. The third-order valence-electron chi connectivity index (χ3n) is 10.4. The fourth-order valence-corrected chi connectivity index (χ4v) is 8.50. The van der Waals surface area contributed by atoms with Gasteiger partial charge < -0.3 is 4.74 Å².